The average Bonchev–Trinajstić information content (AvgIpc) is 2.36. The van der Waals surface area contributed by atoms with Crippen molar-refractivity contribution in [1.82, 2.24) is 10.2 Å². The summed E-state index contributed by atoms with van der Waals surface area (Å²) in [5.74, 6) is 0. The van der Waals surface area contributed by atoms with Crippen LogP contribution in [0.5, 0.6) is 0 Å². The molecule has 1 saturated carbocycles. The number of likely N-dealkylation sites (N-methyl/N-ethyl adjacent to an activating group) is 1. The van der Waals surface area contributed by atoms with Gasteiger partial charge in [-0.3, -0.25) is 5.32 Å². The van der Waals surface area contributed by atoms with E-state index in [1.165, 1.54) is 24.2 Å². The maximum atomic E-state index is 12.0. The Morgan fingerprint density at radius 2 is 1.85 bits per heavy atom. The van der Waals surface area contributed by atoms with Crippen LogP contribution in [0.4, 0.5) is 4.79 Å². The quantitative estimate of drug-likeness (QED) is 0.779. The molecule has 0 radical (unpaired) electrons. The van der Waals surface area contributed by atoms with Crippen LogP contribution < -0.4 is 5.32 Å². The maximum Gasteiger partial charge on any atom is 0.410 e. The Bertz CT molecular complexity index is 309. The number of hydrogen-bond donors (Lipinski definition) is 2. The number of carbonyl (C=O) groups excluding carboxylic acids is 1. The first kappa shape index (κ1) is 17.2. The molecule has 0 bridgehead atoms. The van der Waals surface area contributed by atoms with Gasteiger partial charge in [0.25, 0.3) is 0 Å². The fourth-order valence-electron chi connectivity index (χ4n) is 2.36. The molecular weight excluding hydrogens is 256 g/mol. The van der Waals surface area contributed by atoms with Gasteiger partial charge < -0.3 is 14.7 Å². The van der Waals surface area contributed by atoms with Gasteiger partial charge >= 0.3 is 6.09 Å². The van der Waals surface area contributed by atoms with E-state index in [9.17, 15) is 9.90 Å². The van der Waals surface area contributed by atoms with Crippen molar-refractivity contribution in [3.63, 3.8) is 0 Å². The molecule has 1 rings (SSSR count). The fraction of sp³-hybridized carbons (Fsp3) is 0.933. The van der Waals surface area contributed by atoms with Gasteiger partial charge in [-0.2, -0.15) is 0 Å². The molecule has 1 aliphatic carbocycles. The van der Waals surface area contributed by atoms with E-state index in [0.717, 1.165) is 12.8 Å². The molecule has 20 heavy (non-hydrogen) atoms. The molecule has 118 valence electrons. The zero-order chi connectivity index (χ0) is 15.3. The third kappa shape index (κ3) is 5.67. The molecule has 0 heterocycles. The summed E-state index contributed by atoms with van der Waals surface area (Å²) in [4.78, 5) is 13.4. The largest absolute Gasteiger partial charge is 0.444 e. The predicted molar refractivity (Wildman–Crippen MR) is 79.5 cm³/mol. The van der Waals surface area contributed by atoms with E-state index >= 15 is 0 Å². The van der Waals surface area contributed by atoms with E-state index in [1.54, 1.807) is 7.05 Å². The van der Waals surface area contributed by atoms with Gasteiger partial charge in [0.1, 0.15) is 11.8 Å². The average molecular weight is 286 g/mol. The highest BCUT2D eigenvalue weighted by atomic mass is 16.6. The third-order valence-corrected chi connectivity index (χ3v) is 3.76. The Morgan fingerprint density at radius 1 is 1.30 bits per heavy atom. The summed E-state index contributed by atoms with van der Waals surface area (Å²) in [6.45, 7) is 7.32. The lowest BCUT2D eigenvalue weighted by Gasteiger charge is -2.34. The molecule has 5 heteroatoms. The van der Waals surface area contributed by atoms with Gasteiger partial charge in [-0.15, -0.1) is 0 Å². The molecule has 0 aromatic rings. The van der Waals surface area contributed by atoms with Crippen molar-refractivity contribution in [3.8, 4) is 0 Å². The normalized spacial score (nSPS) is 20.3. The van der Waals surface area contributed by atoms with Crippen LogP contribution in [0.3, 0.4) is 0 Å². The van der Waals surface area contributed by atoms with E-state index in [1.807, 2.05) is 27.7 Å². The highest BCUT2D eigenvalue weighted by Gasteiger charge is 2.28. The van der Waals surface area contributed by atoms with Crippen LogP contribution in [-0.4, -0.2) is 47.1 Å². The van der Waals surface area contributed by atoms with Crippen LogP contribution >= 0.6 is 0 Å². The Hall–Kier alpha value is -0.810. The van der Waals surface area contributed by atoms with Gasteiger partial charge in [0.15, 0.2) is 0 Å². The number of nitrogens with zero attached hydrogens (tertiary/aromatic N) is 1. The Morgan fingerprint density at radius 3 is 2.35 bits per heavy atom. The number of carbonyl (C=O) groups is 1. The van der Waals surface area contributed by atoms with E-state index in [4.69, 9.17) is 4.74 Å². The summed E-state index contributed by atoms with van der Waals surface area (Å²) in [7, 11) is 1.66. The summed E-state index contributed by atoms with van der Waals surface area (Å²) in [6, 6.07) is 0.0278. The first-order valence-corrected chi connectivity index (χ1v) is 7.60. The second-order valence-electron chi connectivity index (χ2n) is 6.78. The Balaban J connectivity index is 2.45. The van der Waals surface area contributed by atoms with Crippen LogP contribution in [0.25, 0.3) is 0 Å². The fourth-order valence-corrected chi connectivity index (χ4v) is 2.36. The molecular formula is C15H30N2O3. The minimum atomic E-state index is -0.726. The van der Waals surface area contributed by atoms with Crippen LogP contribution in [-0.2, 0) is 4.74 Å². The van der Waals surface area contributed by atoms with E-state index in [0.29, 0.717) is 6.04 Å². The van der Waals surface area contributed by atoms with Crippen LogP contribution in [0, 0.1) is 0 Å². The lowest BCUT2D eigenvalue weighted by Crippen LogP contribution is -2.53. The van der Waals surface area contributed by atoms with Crippen molar-refractivity contribution < 1.29 is 14.6 Å². The number of ether oxygens (including phenoxy) is 1. The van der Waals surface area contributed by atoms with Gasteiger partial charge in [-0.25, -0.2) is 4.79 Å². The zero-order valence-electron chi connectivity index (χ0n) is 13.5. The van der Waals surface area contributed by atoms with Crippen LogP contribution in [0.15, 0.2) is 0 Å². The van der Waals surface area contributed by atoms with E-state index in [2.05, 4.69) is 5.32 Å². The summed E-state index contributed by atoms with van der Waals surface area (Å²) >= 11 is 0. The Kier molecular flexibility index (Phi) is 6.27. The molecule has 2 N–H and O–H groups in total. The monoisotopic (exact) mass is 286 g/mol. The van der Waals surface area contributed by atoms with Gasteiger partial charge in [0.2, 0.25) is 0 Å². The molecule has 0 aromatic carbocycles. The van der Waals surface area contributed by atoms with Crippen molar-refractivity contribution in [1.29, 1.82) is 0 Å². The summed E-state index contributed by atoms with van der Waals surface area (Å²) < 4.78 is 5.31. The van der Waals surface area contributed by atoms with E-state index in [-0.39, 0.29) is 6.04 Å². The Labute approximate surface area is 122 Å². The first-order chi connectivity index (χ1) is 9.20. The summed E-state index contributed by atoms with van der Waals surface area (Å²) in [6.07, 6.45) is 4.76. The number of amides is 1. The minimum Gasteiger partial charge on any atom is -0.444 e. The zero-order valence-corrected chi connectivity index (χ0v) is 13.5. The highest BCUT2D eigenvalue weighted by molar-refractivity contribution is 5.68. The van der Waals surface area contributed by atoms with Crippen molar-refractivity contribution >= 4 is 6.09 Å². The number of nitrogens with one attached hydrogen (secondary N) is 1. The third-order valence-electron chi connectivity index (χ3n) is 3.76. The van der Waals surface area contributed by atoms with Crippen molar-refractivity contribution in [2.24, 2.45) is 0 Å². The second-order valence-corrected chi connectivity index (χ2v) is 6.78. The summed E-state index contributed by atoms with van der Waals surface area (Å²) in [5.41, 5.74) is -0.521. The lowest BCUT2D eigenvalue weighted by atomic mass is 9.95. The minimum absolute atomic E-state index is 0.327. The number of rotatable bonds is 4. The SMILES string of the molecule is C[C@H](C(O)NC1CCCCC1)N(C)C(=O)OC(C)(C)C. The topological polar surface area (TPSA) is 61.8 Å². The van der Waals surface area contributed by atoms with Crippen LogP contribution in [0.2, 0.25) is 0 Å². The maximum absolute atomic E-state index is 12.0. The molecule has 1 fully saturated rings. The standard InChI is InChI=1S/C15H30N2O3/c1-11(17(5)14(19)20-15(2,3)4)13(18)16-12-9-7-6-8-10-12/h11-13,16,18H,6-10H2,1-5H3/t11-,13?/m1/s1. The van der Waals surface area contributed by atoms with Gasteiger partial charge in [-0.1, -0.05) is 19.3 Å². The number of aliphatic hydroxyl groups is 1. The number of aliphatic hydroxyl groups excluding tert-OH is 1. The summed E-state index contributed by atoms with van der Waals surface area (Å²) in [5, 5.41) is 13.5. The van der Waals surface area contributed by atoms with Crippen LogP contribution in [0.1, 0.15) is 59.8 Å². The number of hydrogen-bond acceptors (Lipinski definition) is 4. The highest BCUT2D eigenvalue weighted by Crippen LogP contribution is 2.18. The lowest BCUT2D eigenvalue weighted by molar-refractivity contribution is -0.00516. The molecule has 2 atom stereocenters. The molecule has 1 amide bonds. The molecule has 1 aliphatic rings. The van der Waals surface area contributed by atoms with Gasteiger partial charge in [-0.05, 0) is 40.5 Å². The van der Waals surface area contributed by atoms with E-state index < -0.39 is 17.9 Å². The molecule has 0 spiro atoms. The first-order valence-electron chi connectivity index (χ1n) is 7.60. The molecule has 0 saturated heterocycles. The van der Waals surface area contributed by atoms with Crippen molar-refractivity contribution in [2.75, 3.05) is 7.05 Å². The van der Waals surface area contributed by atoms with Gasteiger partial charge in [0.05, 0.1) is 6.04 Å². The van der Waals surface area contributed by atoms with Gasteiger partial charge in [0, 0.05) is 13.1 Å². The molecule has 1 unspecified atom stereocenters. The predicted octanol–water partition coefficient (Wildman–Crippen LogP) is 2.48. The smallest absolute Gasteiger partial charge is 0.410 e. The molecule has 5 nitrogen and oxygen atoms in total. The van der Waals surface area contributed by atoms with Crippen molar-refractivity contribution in [2.45, 2.75) is 83.7 Å². The van der Waals surface area contributed by atoms with Crippen molar-refractivity contribution in [3.05, 3.63) is 0 Å². The molecule has 0 aromatic heterocycles. The molecule has 0 aliphatic heterocycles. The second kappa shape index (κ2) is 7.27.